The topological polar surface area (TPSA) is 58.9 Å². The van der Waals surface area contributed by atoms with E-state index in [-0.39, 0.29) is 5.69 Å². The Labute approximate surface area is 84.6 Å². The number of rotatable bonds is 2. The monoisotopic (exact) mass is 210 g/mol. The molecule has 0 saturated heterocycles. The van der Waals surface area contributed by atoms with E-state index in [1.54, 1.807) is 12.3 Å². The van der Waals surface area contributed by atoms with Crippen LogP contribution in [0.4, 0.5) is 5.69 Å². The van der Waals surface area contributed by atoms with E-state index in [1.807, 2.05) is 0 Å². The van der Waals surface area contributed by atoms with Gasteiger partial charge >= 0.3 is 0 Å². The Bertz CT molecular complexity index is 493. The fraction of sp³-hybridized carbons (Fsp3) is 0.111. The van der Waals surface area contributed by atoms with Gasteiger partial charge in [0.1, 0.15) is 0 Å². The maximum Gasteiger partial charge on any atom is 0.270 e. The molecule has 0 bridgehead atoms. The molecule has 0 unspecified atom stereocenters. The molecule has 0 aliphatic carbocycles. The highest BCUT2D eigenvalue weighted by molar-refractivity contribution is 6.18. The van der Waals surface area contributed by atoms with Crippen molar-refractivity contribution in [2.24, 2.45) is 0 Å². The second-order valence-electron chi connectivity index (χ2n) is 2.93. The number of fused-ring (bicyclic) bond motifs is 1. The maximum absolute atomic E-state index is 10.5. The van der Waals surface area contributed by atoms with Crippen LogP contribution in [0.1, 0.15) is 5.56 Å². The van der Waals surface area contributed by atoms with E-state index in [1.165, 1.54) is 12.1 Å². The van der Waals surface area contributed by atoms with E-state index >= 15 is 0 Å². The molecule has 0 atom stereocenters. The van der Waals surface area contributed by atoms with Gasteiger partial charge in [-0.25, -0.2) is 0 Å². The van der Waals surface area contributed by atoms with Crippen molar-refractivity contribution in [1.82, 2.24) is 4.98 Å². The summed E-state index contributed by atoms with van der Waals surface area (Å²) in [5, 5.41) is 11.3. The van der Waals surface area contributed by atoms with Crippen molar-refractivity contribution in [3.05, 3.63) is 40.1 Å². The van der Waals surface area contributed by atoms with Gasteiger partial charge in [-0.2, -0.15) is 0 Å². The molecular formula is C9H7ClN2O2. The van der Waals surface area contributed by atoms with Crippen molar-refractivity contribution in [1.29, 1.82) is 0 Å². The quantitative estimate of drug-likeness (QED) is 0.471. The zero-order valence-corrected chi connectivity index (χ0v) is 7.91. The summed E-state index contributed by atoms with van der Waals surface area (Å²) in [6.45, 7) is 0. The molecular weight excluding hydrogens is 204 g/mol. The number of nitro benzene ring substituents is 1. The Hall–Kier alpha value is -1.55. The zero-order chi connectivity index (χ0) is 10.1. The van der Waals surface area contributed by atoms with Crippen molar-refractivity contribution in [2.45, 2.75) is 5.88 Å². The largest absolute Gasteiger partial charge is 0.361 e. The van der Waals surface area contributed by atoms with Crippen LogP contribution in [0.5, 0.6) is 0 Å². The highest BCUT2D eigenvalue weighted by Gasteiger charge is 2.09. The minimum atomic E-state index is -0.412. The first kappa shape index (κ1) is 9.02. The van der Waals surface area contributed by atoms with Gasteiger partial charge in [0.25, 0.3) is 5.69 Å². The highest BCUT2D eigenvalue weighted by Crippen LogP contribution is 2.24. The van der Waals surface area contributed by atoms with Crippen molar-refractivity contribution in [3.63, 3.8) is 0 Å². The lowest BCUT2D eigenvalue weighted by Gasteiger charge is -1.93. The summed E-state index contributed by atoms with van der Waals surface area (Å²) in [5.41, 5.74) is 1.83. The van der Waals surface area contributed by atoms with Crippen LogP contribution < -0.4 is 0 Å². The van der Waals surface area contributed by atoms with Crippen molar-refractivity contribution in [3.8, 4) is 0 Å². The lowest BCUT2D eigenvalue weighted by atomic mass is 10.2. The first-order chi connectivity index (χ1) is 6.72. The van der Waals surface area contributed by atoms with Crippen LogP contribution >= 0.6 is 11.6 Å². The first-order valence-corrected chi connectivity index (χ1v) is 4.56. The van der Waals surface area contributed by atoms with E-state index in [0.29, 0.717) is 5.88 Å². The second kappa shape index (κ2) is 3.31. The highest BCUT2D eigenvalue weighted by atomic mass is 35.5. The van der Waals surface area contributed by atoms with Crippen LogP contribution in [0.3, 0.4) is 0 Å². The van der Waals surface area contributed by atoms with Crippen molar-refractivity contribution < 1.29 is 4.92 Å². The summed E-state index contributed by atoms with van der Waals surface area (Å²) in [4.78, 5) is 13.1. The van der Waals surface area contributed by atoms with Gasteiger partial charge in [0, 0.05) is 35.1 Å². The molecule has 1 heterocycles. The minimum absolute atomic E-state index is 0.0865. The molecule has 2 aromatic rings. The van der Waals surface area contributed by atoms with Gasteiger partial charge in [-0.1, -0.05) is 0 Å². The molecule has 72 valence electrons. The molecule has 5 heteroatoms. The number of alkyl halides is 1. The number of nitrogens with zero attached hydrogens (tertiary/aromatic N) is 1. The Morgan fingerprint density at radius 2 is 2.29 bits per heavy atom. The van der Waals surface area contributed by atoms with Gasteiger partial charge in [0.15, 0.2) is 0 Å². The molecule has 2 rings (SSSR count). The normalized spacial score (nSPS) is 10.6. The Kier molecular flexibility index (Phi) is 2.13. The number of hydrogen-bond acceptors (Lipinski definition) is 2. The lowest BCUT2D eigenvalue weighted by molar-refractivity contribution is -0.384. The molecule has 0 aliphatic rings. The minimum Gasteiger partial charge on any atom is -0.361 e. The third-order valence-electron chi connectivity index (χ3n) is 2.11. The van der Waals surface area contributed by atoms with Gasteiger partial charge in [-0.3, -0.25) is 10.1 Å². The number of aromatic nitrogens is 1. The lowest BCUT2D eigenvalue weighted by Crippen LogP contribution is -1.86. The average molecular weight is 211 g/mol. The molecule has 14 heavy (non-hydrogen) atoms. The van der Waals surface area contributed by atoms with Gasteiger partial charge in [0.2, 0.25) is 0 Å². The van der Waals surface area contributed by atoms with E-state index in [2.05, 4.69) is 4.98 Å². The van der Waals surface area contributed by atoms with Crippen LogP contribution in [0.15, 0.2) is 24.4 Å². The molecule has 1 N–H and O–H groups in total. The van der Waals surface area contributed by atoms with Crippen LogP contribution in [0.25, 0.3) is 10.9 Å². The zero-order valence-electron chi connectivity index (χ0n) is 7.16. The van der Waals surface area contributed by atoms with Crippen molar-refractivity contribution in [2.75, 3.05) is 0 Å². The molecule has 0 saturated carbocycles. The Morgan fingerprint density at radius 3 is 2.93 bits per heavy atom. The van der Waals surface area contributed by atoms with Gasteiger partial charge in [-0.15, -0.1) is 11.6 Å². The predicted octanol–water partition coefficient (Wildman–Crippen LogP) is 2.81. The average Bonchev–Trinajstić information content (AvgIpc) is 2.59. The molecule has 0 amide bonds. The van der Waals surface area contributed by atoms with Gasteiger partial charge in [-0.05, 0) is 11.6 Å². The van der Waals surface area contributed by atoms with E-state index in [0.717, 1.165) is 16.5 Å². The number of non-ortho nitro benzene ring substituents is 1. The van der Waals surface area contributed by atoms with E-state index in [4.69, 9.17) is 11.6 Å². The fourth-order valence-electron chi connectivity index (χ4n) is 1.39. The Balaban J connectivity index is 2.67. The summed E-state index contributed by atoms with van der Waals surface area (Å²) in [6.07, 6.45) is 1.77. The number of aromatic amines is 1. The number of nitro groups is 1. The van der Waals surface area contributed by atoms with E-state index in [9.17, 15) is 10.1 Å². The molecule has 0 fully saturated rings. The Morgan fingerprint density at radius 1 is 1.50 bits per heavy atom. The summed E-state index contributed by atoms with van der Waals surface area (Å²) in [5.74, 6) is 0.348. The third-order valence-corrected chi connectivity index (χ3v) is 2.39. The van der Waals surface area contributed by atoms with Gasteiger partial charge < -0.3 is 4.98 Å². The van der Waals surface area contributed by atoms with E-state index < -0.39 is 4.92 Å². The first-order valence-electron chi connectivity index (χ1n) is 4.02. The molecule has 1 aromatic carbocycles. The molecule has 0 spiro atoms. The summed E-state index contributed by atoms with van der Waals surface area (Å²) >= 11 is 5.69. The predicted molar refractivity (Wildman–Crippen MR) is 54.5 cm³/mol. The standard InChI is InChI=1S/C9H7ClN2O2/c10-4-6-5-11-9-2-1-7(12(13)14)3-8(6)9/h1-3,5,11H,4H2. The third kappa shape index (κ3) is 1.33. The van der Waals surface area contributed by atoms with Crippen LogP contribution in [0.2, 0.25) is 0 Å². The summed E-state index contributed by atoms with van der Waals surface area (Å²) in [7, 11) is 0. The number of halogens is 1. The van der Waals surface area contributed by atoms with Crippen LogP contribution in [0, 0.1) is 10.1 Å². The van der Waals surface area contributed by atoms with Crippen molar-refractivity contribution >= 4 is 28.2 Å². The van der Waals surface area contributed by atoms with Crippen LogP contribution in [-0.2, 0) is 5.88 Å². The smallest absolute Gasteiger partial charge is 0.270 e. The number of hydrogen-bond donors (Lipinski definition) is 1. The number of H-pyrrole nitrogens is 1. The summed E-state index contributed by atoms with van der Waals surface area (Å²) < 4.78 is 0. The second-order valence-corrected chi connectivity index (χ2v) is 3.20. The van der Waals surface area contributed by atoms with Crippen LogP contribution in [-0.4, -0.2) is 9.91 Å². The molecule has 0 aliphatic heterocycles. The number of nitrogens with one attached hydrogen (secondary N) is 1. The molecule has 4 nitrogen and oxygen atoms in total. The maximum atomic E-state index is 10.5. The fourth-order valence-corrected chi connectivity index (χ4v) is 1.61. The SMILES string of the molecule is O=[N+]([O-])c1ccc2[nH]cc(CCl)c2c1. The van der Waals surface area contributed by atoms with Gasteiger partial charge in [0.05, 0.1) is 4.92 Å². The summed E-state index contributed by atoms with van der Waals surface area (Å²) in [6, 6.07) is 4.68. The molecule has 0 radical (unpaired) electrons. The molecule has 1 aromatic heterocycles. The number of benzene rings is 1.